The van der Waals surface area contributed by atoms with E-state index >= 15 is 0 Å². The highest BCUT2D eigenvalue weighted by Crippen LogP contribution is 2.22. The molecule has 0 aromatic heterocycles. The van der Waals surface area contributed by atoms with E-state index in [0.717, 1.165) is 0 Å². The van der Waals surface area contributed by atoms with E-state index in [2.05, 4.69) is 10.1 Å². The lowest BCUT2D eigenvalue weighted by molar-refractivity contribution is -0.340. The van der Waals surface area contributed by atoms with Gasteiger partial charge in [0.1, 0.15) is 6.04 Å². The van der Waals surface area contributed by atoms with Crippen molar-refractivity contribution in [3.8, 4) is 0 Å². The van der Waals surface area contributed by atoms with E-state index in [9.17, 15) is 18.0 Å². The van der Waals surface area contributed by atoms with E-state index in [1.165, 1.54) is 0 Å². The number of alkyl halides is 3. The molecule has 0 saturated carbocycles. The molecule has 1 heterocycles. The lowest BCUT2D eigenvalue weighted by atomic mass is 10.2. The van der Waals surface area contributed by atoms with Gasteiger partial charge < -0.3 is 10.4 Å². The maximum Gasteiger partial charge on any atom is 0.522 e. The first-order valence-electron chi connectivity index (χ1n) is 3.59. The van der Waals surface area contributed by atoms with E-state index in [-0.39, 0.29) is 25.4 Å². The molecule has 8 heteroatoms. The lowest BCUT2D eigenvalue weighted by Crippen LogP contribution is -2.30. The van der Waals surface area contributed by atoms with Crippen molar-refractivity contribution in [2.75, 3.05) is 6.54 Å². The van der Waals surface area contributed by atoms with Crippen LogP contribution in [0.2, 0.25) is 0 Å². The fourth-order valence-electron chi connectivity index (χ4n) is 1.17. The summed E-state index contributed by atoms with van der Waals surface area (Å²) in [6, 6.07) is -0.938. The molecule has 0 spiro atoms. The highest BCUT2D eigenvalue weighted by Gasteiger charge is 2.38. The molecular weight excluding hydrogens is 227 g/mol. The minimum absolute atomic E-state index is 0. The number of aliphatic carboxylic acids is 1. The summed E-state index contributed by atoms with van der Waals surface area (Å²) in [5, 5.41) is 10.8. The molecule has 0 unspecified atom stereocenters. The number of hydrogen-bond acceptors (Lipinski definition) is 3. The number of hydrogen-bond donors (Lipinski definition) is 2. The predicted molar refractivity (Wildman–Crippen MR) is 42.2 cm³/mol. The van der Waals surface area contributed by atoms with Gasteiger partial charge in [-0.05, 0) is 0 Å². The first-order chi connectivity index (χ1) is 5.88. The Balaban J connectivity index is 0.00000169. The van der Waals surface area contributed by atoms with Crippen molar-refractivity contribution in [2.45, 2.75) is 24.9 Å². The summed E-state index contributed by atoms with van der Waals surface area (Å²) in [7, 11) is 0. The Morgan fingerprint density at radius 3 is 2.43 bits per heavy atom. The minimum atomic E-state index is -4.69. The number of carbonyl (C=O) groups is 1. The van der Waals surface area contributed by atoms with Crippen LogP contribution in [0.15, 0.2) is 0 Å². The Hall–Kier alpha value is -0.530. The molecule has 1 fully saturated rings. The molecule has 14 heavy (non-hydrogen) atoms. The van der Waals surface area contributed by atoms with Gasteiger partial charge in [-0.2, -0.15) is 0 Å². The van der Waals surface area contributed by atoms with Gasteiger partial charge in [0.05, 0.1) is 6.10 Å². The van der Waals surface area contributed by atoms with Crippen LogP contribution in [0.5, 0.6) is 0 Å². The molecule has 1 saturated heterocycles. The largest absolute Gasteiger partial charge is 0.522 e. The van der Waals surface area contributed by atoms with E-state index < -0.39 is 24.5 Å². The second kappa shape index (κ2) is 4.81. The van der Waals surface area contributed by atoms with Crippen LogP contribution in [0.4, 0.5) is 13.2 Å². The van der Waals surface area contributed by atoms with E-state index in [0.29, 0.717) is 0 Å². The van der Waals surface area contributed by atoms with Gasteiger partial charge >= 0.3 is 12.3 Å². The molecule has 1 rings (SSSR count). The number of nitrogens with one attached hydrogen (secondary N) is 1. The van der Waals surface area contributed by atoms with Gasteiger partial charge in [-0.25, -0.2) is 0 Å². The Kier molecular flexibility index (Phi) is 4.63. The number of ether oxygens (including phenoxy) is 1. The fourth-order valence-corrected chi connectivity index (χ4v) is 1.17. The van der Waals surface area contributed by atoms with Crippen LogP contribution in [0.1, 0.15) is 6.42 Å². The molecule has 0 bridgehead atoms. The summed E-state index contributed by atoms with van der Waals surface area (Å²) in [5.74, 6) is -1.16. The molecule has 2 N–H and O–H groups in total. The molecule has 0 amide bonds. The number of rotatable bonds is 2. The molecule has 0 aliphatic carbocycles. The van der Waals surface area contributed by atoms with Gasteiger partial charge in [-0.3, -0.25) is 9.53 Å². The molecule has 4 nitrogen and oxygen atoms in total. The monoisotopic (exact) mass is 235 g/mol. The molecule has 1 aliphatic rings. The topological polar surface area (TPSA) is 58.6 Å². The normalized spacial score (nSPS) is 27.1. The Morgan fingerprint density at radius 2 is 2.07 bits per heavy atom. The first-order valence-corrected chi connectivity index (χ1v) is 3.59. The quantitative estimate of drug-likeness (QED) is 0.742. The van der Waals surface area contributed by atoms with Gasteiger partial charge in [0.15, 0.2) is 0 Å². The standard InChI is InChI=1S/C6H8F3NO3.ClH/c7-6(8,9)13-3-1-4(5(11)12)10-2-3;/h3-4,10H,1-2H2,(H,11,12);1H/t3-,4+;/m0./s1. The number of halogens is 4. The van der Waals surface area contributed by atoms with Crippen LogP contribution in [-0.2, 0) is 9.53 Å². The molecule has 84 valence electrons. The lowest BCUT2D eigenvalue weighted by Gasteiger charge is -2.12. The highest BCUT2D eigenvalue weighted by atomic mass is 35.5. The van der Waals surface area contributed by atoms with Crippen molar-refractivity contribution in [1.29, 1.82) is 0 Å². The van der Waals surface area contributed by atoms with Crippen LogP contribution < -0.4 is 5.32 Å². The third kappa shape index (κ3) is 4.12. The van der Waals surface area contributed by atoms with Gasteiger partial charge in [0.2, 0.25) is 0 Å². The van der Waals surface area contributed by atoms with Gasteiger partial charge in [-0.1, -0.05) is 0 Å². The summed E-state index contributed by atoms with van der Waals surface area (Å²) in [6.45, 7) is -0.0868. The minimum Gasteiger partial charge on any atom is -0.480 e. The predicted octanol–water partition coefficient (Wildman–Crippen LogP) is 0.760. The van der Waals surface area contributed by atoms with E-state index in [1.54, 1.807) is 0 Å². The zero-order valence-electron chi connectivity index (χ0n) is 6.87. The average molecular weight is 236 g/mol. The van der Waals surface area contributed by atoms with E-state index in [4.69, 9.17) is 5.11 Å². The summed E-state index contributed by atoms with van der Waals surface area (Å²) < 4.78 is 38.6. The van der Waals surface area contributed by atoms with Crippen molar-refractivity contribution in [1.82, 2.24) is 5.32 Å². The maximum absolute atomic E-state index is 11.6. The van der Waals surface area contributed by atoms with Crippen molar-refractivity contribution in [3.63, 3.8) is 0 Å². The molecule has 0 aromatic rings. The molecule has 0 aromatic carbocycles. The summed E-state index contributed by atoms with van der Waals surface area (Å²) in [4.78, 5) is 10.3. The number of carboxylic acid groups (broad SMARTS) is 1. The summed E-state index contributed by atoms with van der Waals surface area (Å²) in [6.07, 6.45) is -5.95. The van der Waals surface area contributed by atoms with Crippen LogP contribution >= 0.6 is 12.4 Å². The first kappa shape index (κ1) is 13.5. The SMILES string of the molecule is Cl.O=C(O)[C@H]1C[C@H](OC(F)(F)F)CN1. The van der Waals surface area contributed by atoms with Gasteiger partial charge in [0.25, 0.3) is 0 Å². The van der Waals surface area contributed by atoms with Crippen molar-refractivity contribution in [2.24, 2.45) is 0 Å². The average Bonchev–Trinajstić information content (AvgIpc) is 2.31. The van der Waals surface area contributed by atoms with Crippen LogP contribution in [0, 0.1) is 0 Å². The third-order valence-corrected chi connectivity index (χ3v) is 1.69. The van der Waals surface area contributed by atoms with Crippen molar-refractivity contribution < 1.29 is 27.8 Å². The zero-order valence-corrected chi connectivity index (χ0v) is 7.69. The summed E-state index contributed by atoms with van der Waals surface area (Å²) >= 11 is 0. The Bertz CT molecular complexity index is 211. The second-order valence-electron chi connectivity index (χ2n) is 2.72. The Labute approximate surface area is 83.8 Å². The van der Waals surface area contributed by atoms with Gasteiger partial charge in [-0.15, -0.1) is 25.6 Å². The van der Waals surface area contributed by atoms with Crippen molar-refractivity contribution in [3.05, 3.63) is 0 Å². The van der Waals surface area contributed by atoms with Crippen LogP contribution in [0.3, 0.4) is 0 Å². The second-order valence-corrected chi connectivity index (χ2v) is 2.72. The third-order valence-electron chi connectivity index (χ3n) is 1.69. The number of carboxylic acids is 1. The molecule has 0 radical (unpaired) electrons. The van der Waals surface area contributed by atoms with Gasteiger partial charge in [0, 0.05) is 13.0 Å². The molecule has 1 aliphatic heterocycles. The Morgan fingerprint density at radius 1 is 1.50 bits per heavy atom. The zero-order chi connectivity index (χ0) is 10.1. The summed E-state index contributed by atoms with van der Waals surface area (Å²) in [5.41, 5.74) is 0. The van der Waals surface area contributed by atoms with Crippen LogP contribution in [-0.4, -0.2) is 36.1 Å². The fraction of sp³-hybridized carbons (Fsp3) is 0.833. The van der Waals surface area contributed by atoms with Crippen molar-refractivity contribution >= 4 is 18.4 Å². The smallest absolute Gasteiger partial charge is 0.480 e. The molecule has 2 atom stereocenters. The highest BCUT2D eigenvalue weighted by molar-refractivity contribution is 5.85. The maximum atomic E-state index is 11.6. The van der Waals surface area contributed by atoms with E-state index in [1.807, 2.05) is 0 Å². The van der Waals surface area contributed by atoms with Crippen LogP contribution in [0.25, 0.3) is 0 Å². The molecular formula is C6H9ClF3NO3.